The highest BCUT2D eigenvalue weighted by Crippen LogP contribution is 2.18. The van der Waals surface area contributed by atoms with Crippen molar-refractivity contribution in [3.05, 3.63) is 42.0 Å². The van der Waals surface area contributed by atoms with E-state index >= 15 is 0 Å². The molecule has 0 saturated heterocycles. The van der Waals surface area contributed by atoms with E-state index in [-0.39, 0.29) is 5.82 Å². The first kappa shape index (κ1) is 14.2. The lowest BCUT2D eigenvalue weighted by Crippen LogP contribution is -2.10. The van der Waals surface area contributed by atoms with Gasteiger partial charge in [0.25, 0.3) is 0 Å². The van der Waals surface area contributed by atoms with Gasteiger partial charge in [-0.15, -0.1) is 0 Å². The average molecular weight is 276 g/mol. The Balaban J connectivity index is 2.11. The van der Waals surface area contributed by atoms with E-state index in [1.807, 2.05) is 0 Å². The number of rotatable bonds is 6. The van der Waals surface area contributed by atoms with Crippen LogP contribution in [0, 0.1) is 12.7 Å². The van der Waals surface area contributed by atoms with Crippen LogP contribution in [0.25, 0.3) is 0 Å². The van der Waals surface area contributed by atoms with Gasteiger partial charge < -0.3 is 15.4 Å². The number of nitrogens with one attached hydrogen (secondary N) is 2. The van der Waals surface area contributed by atoms with Gasteiger partial charge in [0, 0.05) is 25.4 Å². The molecule has 1 aromatic carbocycles. The molecule has 1 heterocycles. The van der Waals surface area contributed by atoms with E-state index in [0.29, 0.717) is 36.3 Å². The van der Waals surface area contributed by atoms with Gasteiger partial charge in [-0.05, 0) is 25.1 Å². The smallest absolute Gasteiger partial charge is 0.136 e. The second kappa shape index (κ2) is 6.81. The Morgan fingerprint density at radius 2 is 2.00 bits per heavy atom. The molecule has 1 aromatic heterocycles. The van der Waals surface area contributed by atoms with Gasteiger partial charge in [-0.1, -0.05) is 6.07 Å². The minimum absolute atomic E-state index is 0.292. The molecule has 0 saturated carbocycles. The zero-order chi connectivity index (χ0) is 14.4. The summed E-state index contributed by atoms with van der Waals surface area (Å²) in [4.78, 5) is 8.54. The Kier molecular flexibility index (Phi) is 4.84. The summed E-state index contributed by atoms with van der Waals surface area (Å²) in [5, 5.41) is 6.19. The lowest BCUT2D eigenvalue weighted by Gasteiger charge is -2.10. The Labute approximate surface area is 117 Å². The number of methoxy groups -OCH3 is 1. The minimum atomic E-state index is -0.292. The van der Waals surface area contributed by atoms with E-state index in [1.165, 1.54) is 12.1 Å². The summed E-state index contributed by atoms with van der Waals surface area (Å²) in [6, 6.07) is 8.00. The lowest BCUT2D eigenvalue weighted by molar-refractivity contribution is 0.210. The first-order valence-electron chi connectivity index (χ1n) is 6.28. The summed E-state index contributed by atoms with van der Waals surface area (Å²) in [5.41, 5.74) is 0.644. The van der Waals surface area contributed by atoms with Crippen molar-refractivity contribution in [2.45, 2.75) is 6.92 Å². The molecule has 0 spiro atoms. The van der Waals surface area contributed by atoms with Crippen molar-refractivity contribution in [3.63, 3.8) is 0 Å². The van der Waals surface area contributed by atoms with Crippen molar-refractivity contribution in [1.29, 1.82) is 0 Å². The molecule has 6 heteroatoms. The first-order chi connectivity index (χ1) is 9.67. The highest BCUT2D eigenvalue weighted by Gasteiger charge is 2.03. The van der Waals surface area contributed by atoms with Crippen molar-refractivity contribution in [3.8, 4) is 0 Å². The molecule has 2 aromatic rings. The molecule has 0 bridgehead atoms. The fourth-order valence-electron chi connectivity index (χ4n) is 1.72. The average Bonchev–Trinajstić information content (AvgIpc) is 2.38. The van der Waals surface area contributed by atoms with Crippen LogP contribution < -0.4 is 10.6 Å². The molecular weight excluding hydrogens is 259 g/mol. The molecule has 0 aliphatic heterocycles. The molecule has 5 nitrogen and oxygen atoms in total. The third-order valence-corrected chi connectivity index (χ3v) is 2.55. The highest BCUT2D eigenvalue weighted by molar-refractivity contribution is 5.59. The van der Waals surface area contributed by atoms with E-state index in [9.17, 15) is 4.39 Å². The van der Waals surface area contributed by atoms with E-state index in [1.54, 1.807) is 32.2 Å². The van der Waals surface area contributed by atoms with Gasteiger partial charge >= 0.3 is 0 Å². The Morgan fingerprint density at radius 3 is 2.75 bits per heavy atom. The first-order valence-corrected chi connectivity index (χ1v) is 6.28. The van der Waals surface area contributed by atoms with Gasteiger partial charge in [0.2, 0.25) is 0 Å². The van der Waals surface area contributed by atoms with Crippen LogP contribution in [0.15, 0.2) is 30.3 Å². The van der Waals surface area contributed by atoms with Gasteiger partial charge in [0.1, 0.15) is 23.3 Å². The minimum Gasteiger partial charge on any atom is -0.383 e. The molecule has 0 unspecified atom stereocenters. The summed E-state index contributed by atoms with van der Waals surface area (Å²) >= 11 is 0. The van der Waals surface area contributed by atoms with E-state index < -0.39 is 0 Å². The number of benzene rings is 1. The van der Waals surface area contributed by atoms with E-state index in [4.69, 9.17) is 4.74 Å². The van der Waals surface area contributed by atoms with Gasteiger partial charge in [0.05, 0.1) is 6.61 Å². The van der Waals surface area contributed by atoms with Crippen LogP contribution in [0.1, 0.15) is 5.82 Å². The molecular formula is C14H17FN4O. The largest absolute Gasteiger partial charge is 0.383 e. The summed E-state index contributed by atoms with van der Waals surface area (Å²) < 4.78 is 18.1. The number of anilines is 3. The van der Waals surface area contributed by atoms with Gasteiger partial charge in [-0.2, -0.15) is 0 Å². The monoisotopic (exact) mass is 276 g/mol. The Morgan fingerprint density at radius 1 is 1.20 bits per heavy atom. The highest BCUT2D eigenvalue weighted by atomic mass is 19.1. The number of hydrogen-bond acceptors (Lipinski definition) is 5. The number of ether oxygens (including phenoxy) is 1. The quantitative estimate of drug-likeness (QED) is 0.794. The maximum absolute atomic E-state index is 13.1. The second-order valence-electron chi connectivity index (χ2n) is 4.24. The molecule has 0 fully saturated rings. The fraction of sp³-hybridized carbons (Fsp3) is 0.286. The van der Waals surface area contributed by atoms with Crippen molar-refractivity contribution < 1.29 is 9.13 Å². The predicted molar refractivity (Wildman–Crippen MR) is 76.8 cm³/mol. The Hall–Kier alpha value is -2.21. The van der Waals surface area contributed by atoms with Crippen molar-refractivity contribution in [1.82, 2.24) is 9.97 Å². The number of halogens is 1. The molecule has 0 aliphatic carbocycles. The number of nitrogens with zero attached hydrogens (tertiary/aromatic N) is 2. The molecule has 0 aliphatic rings. The SMILES string of the molecule is COCCNc1cc(Nc2cccc(F)c2)nc(C)n1. The lowest BCUT2D eigenvalue weighted by atomic mass is 10.3. The zero-order valence-electron chi connectivity index (χ0n) is 11.5. The van der Waals surface area contributed by atoms with Crippen LogP contribution in [-0.2, 0) is 4.74 Å². The van der Waals surface area contributed by atoms with Crippen molar-refractivity contribution in [2.75, 3.05) is 30.9 Å². The molecule has 2 N–H and O–H groups in total. The van der Waals surface area contributed by atoms with Crippen molar-refractivity contribution in [2.24, 2.45) is 0 Å². The standard InChI is InChI=1S/C14H17FN4O/c1-10-17-13(16-6-7-20-2)9-14(18-10)19-12-5-3-4-11(15)8-12/h3-5,8-9H,6-7H2,1-2H3,(H2,16,17,18,19). The normalized spacial score (nSPS) is 10.3. The summed E-state index contributed by atoms with van der Waals surface area (Å²) in [6.45, 7) is 3.06. The van der Waals surface area contributed by atoms with Gasteiger partial charge in [-0.3, -0.25) is 0 Å². The summed E-state index contributed by atoms with van der Waals surface area (Å²) in [7, 11) is 1.64. The molecule has 2 rings (SSSR count). The number of hydrogen-bond donors (Lipinski definition) is 2. The van der Waals surface area contributed by atoms with Crippen LogP contribution in [0.3, 0.4) is 0 Å². The summed E-state index contributed by atoms with van der Waals surface area (Å²) in [6.07, 6.45) is 0. The van der Waals surface area contributed by atoms with Crippen LogP contribution in [0.5, 0.6) is 0 Å². The molecule has 0 radical (unpaired) electrons. The third-order valence-electron chi connectivity index (χ3n) is 2.55. The van der Waals surface area contributed by atoms with Crippen LogP contribution >= 0.6 is 0 Å². The number of aryl methyl sites for hydroxylation is 1. The molecule has 20 heavy (non-hydrogen) atoms. The predicted octanol–water partition coefficient (Wildman–Crippen LogP) is 2.73. The number of aromatic nitrogens is 2. The fourth-order valence-corrected chi connectivity index (χ4v) is 1.72. The van der Waals surface area contributed by atoms with E-state index in [0.717, 1.165) is 0 Å². The van der Waals surface area contributed by atoms with Crippen LogP contribution in [0.4, 0.5) is 21.7 Å². The maximum Gasteiger partial charge on any atom is 0.136 e. The van der Waals surface area contributed by atoms with Gasteiger partial charge in [-0.25, -0.2) is 14.4 Å². The van der Waals surface area contributed by atoms with E-state index in [2.05, 4.69) is 20.6 Å². The third kappa shape index (κ3) is 4.17. The van der Waals surface area contributed by atoms with Crippen molar-refractivity contribution >= 4 is 17.3 Å². The maximum atomic E-state index is 13.1. The zero-order valence-corrected chi connectivity index (χ0v) is 11.5. The van der Waals surface area contributed by atoms with Crippen LogP contribution in [0.2, 0.25) is 0 Å². The molecule has 0 amide bonds. The van der Waals surface area contributed by atoms with Gasteiger partial charge in [0.15, 0.2) is 0 Å². The molecule has 0 atom stereocenters. The molecule has 106 valence electrons. The second-order valence-corrected chi connectivity index (χ2v) is 4.24. The topological polar surface area (TPSA) is 59.1 Å². The Bertz CT molecular complexity index is 577. The summed E-state index contributed by atoms with van der Waals surface area (Å²) in [5.74, 6) is 1.65. The van der Waals surface area contributed by atoms with Crippen LogP contribution in [-0.4, -0.2) is 30.2 Å².